The smallest absolute Gasteiger partial charge is 0.163 e. The number of nitrogens with zero attached hydrogens (tertiary/aromatic N) is 2. The van der Waals surface area contributed by atoms with Crippen LogP contribution in [0, 0.1) is 0 Å². The molecule has 0 amide bonds. The third kappa shape index (κ3) is 5.68. The topological polar surface area (TPSA) is 34.2 Å². The fourth-order valence-electron chi connectivity index (χ4n) is 2.61. The summed E-state index contributed by atoms with van der Waals surface area (Å²) in [7, 11) is 8.15. The molecule has 0 fully saturated rings. The molecule has 0 N–H and O–H groups in total. The van der Waals surface area contributed by atoms with E-state index in [2.05, 4.69) is 9.80 Å². The molecule has 2 rings (SSSR count). The van der Waals surface area contributed by atoms with Gasteiger partial charge in [0.05, 0.1) is 0 Å². The average molecular weight is 322 g/mol. The van der Waals surface area contributed by atoms with E-state index in [4.69, 9.17) is 14.2 Å². The maximum absolute atomic E-state index is 6.23. The molecule has 130 valence electrons. The van der Waals surface area contributed by atoms with Crippen LogP contribution in [0.3, 0.4) is 0 Å². The average Bonchev–Trinajstić information content (AvgIpc) is 2.53. The number of rotatable bonds is 2. The summed E-state index contributed by atoms with van der Waals surface area (Å²) in [4.78, 5) is 4.19. The zero-order valence-electron chi connectivity index (χ0n) is 14.8. The van der Waals surface area contributed by atoms with Gasteiger partial charge in [0.2, 0.25) is 0 Å². The van der Waals surface area contributed by atoms with Crippen molar-refractivity contribution in [2.24, 2.45) is 0 Å². The molecule has 2 atom stereocenters. The lowest BCUT2D eigenvalue weighted by Gasteiger charge is -2.28. The van der Waals surface area contributed by atoms with Gasteiger partial charge in [-0.05, 0) is 53.2 Å². The van der Waals surface area contributed by atoms with Crippen molar-refractivity contribution in [2.45, 2.75) is 38.1 Å². The summed E-state index contributed by atoms with van der Waals surface area (Å²) in [6.07, 6.45) is 3.87. The second-order valence-electron chi connectivity index (χ2n) is 6.42. The molecule has 2 unspecified atom stereocenters. The summed E-state index contributed by atoms with van der Waals surface area (Å²) in [5.41, 5.74) is 0. The highest BCUT2D eigenvalue weighted by molar-refractivity contribution is 5.39. The molecule has 1 aromatic rings. The zero-order chi connectivity index (χ0) is 16.7. The summed E-state index contributed by atoms with van der Waals surface area (Å²) in [5.74, 6) is 1.61. The second kappa shape index (κ2) is 9.11. The van der Waals surface area contributed by atoms with Gasteiger partial charge >= 0.3 is 0 Å². The van der Waals surface area contributed by atoms with Crippen LogP contribution < -0.4 is 9.47 Å². The number of fused-ring (bicyclic) bond motifs is 1. The Bertz CT molecular complexity index is 424. The highest BCUT2D eigenvalue weighted by Crippen LogP contribution is 2.30. The van der Waals surface area contributed by atoms with Gasteiger partial charge in [0.25, 0.3) is 0 Å². The Hall–Kier alpha value is -1.30. The molecule has 0 saturated carbocycles. The molecule has 0 saturated heterocycles. The van der Waals surface area contributed by atoms with Crippen LogP contribution in [0.1, 0.15) is 25.7 Å². The van der Waals surface area contributed by atoms with Crippen molar-refractivity contribution in [3.63, 3.8) is 0 Å². The van der Waals surface area contributed by atoms with Crippen LogP contribution in [0.15, 0.2) is 24.3 Å². The summed E-state index contributed by atoms with van der Waals surface area (Å²) >= 11 is 0. The van der Waals surface area contributed by atoms with Gasteiger partial charge in [-0.25, -0.2) is 0 Å². The van der Waals surface area contributed by atoms with Crippen molar-refractivity contribution in [1.82, 2.24) is 9.80 Å². The van der Waals surface area contributed by atoms with Gasteiger partial charge < -0.3 is 14.2 Å². The SMILES string of the molecule is CN(C)C1CCCOCCCC(N(C)C)Oc2ccccc2O1. The van der Waals surface area contributed by atoms with E-state index in [1.54, 1.807) is 0 Å². The molecule has 1 aliphatic heterocycles. The molecule has 0 bridgehead atoms. The van der Waals surface area contributed by atoms with Gasteiger partial charge in [-0.1, -0.05) is 12.1 Å². The van der Waals surface area contributed by atoms with E-state index in [9.17, 15) is 0 Å². The highest BCUT2D eigenvalue weighted by atomic mass is 16.5. The highest BCUT2D eigenvalue weighted by Gasteiger charge is 2.19. The number of hydrogen-bond donors (Lipinski definition) is 0. The van der Waals surface area contributed by atoms with Crippen molar-refractivity contribution in [2.75, 3.05) is 41.4 Å². The van der Waals surface area contributed by atoms with Crippen molar-refractivity contribution in [3.8, 4) is 11.5 Å². The first kappa shape index (κ1) is 18.0. The maximum atomic E-state index is 6.23. The van der Waals surface area contributed by atoms with E-state index < -0.39 is 0 Å². The van der Waals surface area contributed by atoms with E-state index in [0.717, 1.165) is 50.4 Å². The van der Waals surface area contributed by atoms with Crippen LogP contribution in [0.25, 0.3) is 0 Å². The second-order valence-corrected chi connectivity index (χ2v) is 6.42. The van der Waals surface area contributed by atoms with E-state index >= 15 is 0 Å². The van der Waals surface area contributed by atoms with Crippen LogP contribution >= 0.6 is 0 Å². The Morgan fingerprint density at radius 2 is 1.22 bits per heavy atom. The molecule has 1 heterocycles. The monoisotopic (exact) mass is 322 g/mol. The zero-order valence-corrected chi connectivity index (χ0v) is 14.8. The predicted octanol–water partition coefficient (Wildman–Crippen LogP) is 2.81. The standard InChI is InChI=1S/C18H30N2O3/c1-19(2)17-11-7-13-21-14-8-12-18(20(3)4)23-16-10-6-5-9-15(16)22-17/h5-6,9-10,17-18H,7-8,11-14H2,1-4H3. The van der Waals surface area contributed by atoms with E-state index in [-0.39, 0.29) is 12.5 Å². The van der Waals surface area contributed by atoms with Crippen LogP contribution in [0.5, 0.6) is 11.5 Å². The minimum absolute atomic E-state index is 0.0157. The first-order valence-corrected chi connectivity index (χ1v) is 8.41. The molecule has 5 heteroatoms. The molecular formula is C18H30N2O3. The summed E-state index contributed by atoms with van der Waals surface area (Å²) in [6, 6.07) is 7.94. The van der Waals surface area contributed by atoms with Gasteiger partial charge in [-0.2, -0.15) is 0 Å². The Labute approximate surface area is 140 Å². The fourth-order valence-corrected chi connectivity index (χ4v) is 2.61. The molecule has 23 heavy (non-hydrogen) atoms. The van der Waals surface area contributed by atoms with Crippen LogP contribution in [-0.2, 0) is 4.74 Å². The normalized spacial score (nSPS) is 23.9. The Kier molecular flexibility index (Phi) is 7.15. The van der Waals surface area contributed by atoms with Crippen LogP contribution in [-0.4, -0.2) is 63.7 Å². The maximum Gasteiger partial charge on any atom is 0.163 e. The van der Waals surface area contributed by atoms with Gasteiger partial charge in [0.15, 0.2) is 24.0 Å². The van der Waals surface area contributed by atoms with Gasteiger partial charge in [0.1, 0.15) is 0 Å². The summed E-state index contributed by atoms with van der Waals surface area (Å²) in [5, 5.41) is 0. The van der Waals surface area contributed by atoms with Crippen molar-refractivity contribution in [3.05, 3.63) is 24.3 Å². The van der Waals surface area contributed by atoms with Crippen molar-refractivity contribution < 1.29 is 14.2 Å². The molecule has 1 aromatic carbocycles. The molecule has 0 aromatic heterocycles. The molecule has 5 nitrogen and oxygen atoms in total. The molecule has 1 aliphatic rings. The van der Waals surface area contributed by atoms with Gasteiger partial charge in [0, 0.05) is 26.1 Å². The predicted molar refractivity (Wildman–Crippen MR) is 91.9 cm³/mol. The van der Waals surface area contributed by atoms with E-state index in [1.807, 2.05) is 52.5 Å². The summed E-state index contributed by atoms with van der Waals surface area (Å²) in [6.45, 7) is 1.56. The van der Waals surface area contributed by atoms with Crippen LogP contribution in [0.4, 0.5) is 0 Å². The number of hydrogen-bond acceptors (Lipinski definition) is 5. The lowest BCUT2D eigenvalue weighted by molar-refractivity contribution is 0.0332. The Morgan fingerprint density at radius 1 is 0.783 bits per heavy atom. The first-order valence-electron chi connectivity index (χ1n) is 8.41. The first-order chi connectivity index (χ1) is 11.1. The van der Waals surface area contributed by atoms with Crippen molar-refractivity contribution >= 4 is 0 Å². The van der Waals surface area contributed by atoms with E-state index in [1.165, 1.54) is 0 Å². The molecule has 0 spiro atoms. The Morgan fingerprint density at radius 3 is 1.61 bits per heavy atom. The third-order valence-electron chi connectivity index (χ3n) is 4.01. The van der Waals surface area contributed by atoms with Gasteiger partial charge in [-0.15, -0.1) is 0 Å². The quantitative estimate of drug-likeness (QED) is 0.836. The van der Waals surface area contributed by atoms with Crippen LogP contribution in [0.2, 0.25) is 0 Å². The lowest BCUT2D eigenvalue weighted by atomic mass is 10.2. The largest absolute Gasteiger partial charge is 0.471 e. The van der Waals surface area contributed by atoms with Gasteiger partial charge in [-0.3, -0.25) is 9.80 Å². The minimum atomic E-state index is 0.0157. The third-order valence-corrected chi connectivity index (χ3v) is 4.01. The summed E-state index contributed by atoms with van der Waals surface area (Å²) < 4.78 is 18.2. The fraction of sp³-hybridized carbons (Fsp3) is 0.667. The molecule has 0 aliphatic carbocycles. The number of para-hydroxylation sites is 2. The van der Waals surface area contributed by atoms with Crippen molar-refractivity contribution in [1.29, 1.82) is 0 Å². The van der Waals surface area contributed by atoms with E-state index in [0.29, 0.717) is 0 Å². The Balaban J connectivity index is 2.21. The number of benzene rings is 1. The molecule has 0 radical (unpaired) electrons. The minimum Gasteiger partial charge on any atom is -0.471 e. The number of ether oxygens (including phenoxy) is 3. The lowest BCUT2D eigenvalue weighted by Crippen LogP contribution is -2.35. The molecular weight excluding hydrogens is 292 g/mol.